The van der Waals surface area contributed by atoms with Crippen LogP contribution in [0.4, 0.5) is 0 Å². The summed E-state index contributed by atoms with van der Waals surface area (Å²) in [6, 6.07) is 0. The third-order valence-corrected chi connectivity index (χ3v) is 2.13. The van der Waals surface area contributed by atoms with E-state index in [0.717, 1.165) is 12.3 Å². The highest BCUT2D eigenvalue weighted by Crippen LogP contribution is 2.36. The van der Waals surface area contributed by atoms with E-state index in [1.807, 2.05) is 0 Å². The molecule has 0 aromatic heterocycles. The van der Waals surface area contributed by atoms with Gasteiger partial charge in [-0.25, -0.2) is 13.6 Å². The summed E-state index contributed by atoms with van der Waals surface area (Å²) in [5, 5.41) is 4.42. The molecule has 0 aliphatic carbocycles. The molecule has 6 nitrogen and oxygen atoms in total. The summed E-state index contributed by atoms with van der Waals surface area (Å²) < 4.78 is 26.1. The summed E-state index contributed by atoms with van der Waals surface area (Å²) in [4.78, 5) is 9.00. The van der Waals surface area contributed by atoms with Gasteiger partial charge in [0.15, 0.2) is 0 Å². The lowest BCUT2D eigenvalue weighted by Gasteiger charge is -2.08. The van der Waals surface area contributed by atoms with Crippen molar-refractivity contribution in [2.45, 2.75) is 5.79 Å². The summed E-state index contributed by atoms with van der Waals surface area (Å²) in [5.41, 5.74) is 0. The van der Waals surface area contributed by atoms with Crippen LogP contribution in [0.5, 0.6) is 0 Å². The molecule has 0 atom stereocenters. The Kier molecular flexibility index (Phi) is 1.34. The van der Waals surface area contributed by atoms with E-state index in [2.05, 4.69) is 14.5 Å². The van der Waals surface area contributed by atoms with Gasteiger partial charge in [0.1, 0.15) is 0 Å². The second-order valence-corrected chi connectivity index (χ2v) is 3.81. The first-order valence-electron chi connectivity index (χ1n) is 2.99. The van der Waals surface area contributed by atoms with Crippen LogP contribution in [0.25, 0.3) is 0 Å². The lowest BCUT2D eigenvalue weighted by Crippen LogP contribution is -2.20. The van der Waals surface area contributed by atoms with Crippen molar-refractivity contribution in [2.24, 2.45) is 5.14 Å². The van der Waals surface area contributed by atoms with Crippen LogP contribution in [0.3, 0.4) is 0 Å². The van der Waals surface area contributed by atoms with Crippen LogP contribution in [-0.2, 0) is 24.5 Å². The summed E-state index contributed by atoms with van der Waals surface area (Å²) in [7, 11) is -3.83. The van der Waals surface area contributed by atoms with Crippen LogP contribution in [0.2, 0.25) is 0 Å². The molecular formula is C5H5NO5S. The normalized spacial score (nSPS) is 24.9. The molecule has 0 aromatic carbocycles. The van der Waals surface area contributed by atoms with Crippen LogP contribution in [0.15, 0.2) is 23.5 Å². The quantitative estimate of drug-likeness (QED) is 0.437. The van der Waals surface area contributed by atoms with Crippen LogP contribution >= 0.6 is 0 Å². The number of nitrogens with two attached hydrogens (primary N) is 1. The number of hydrogen-bond acceptors (Lipinski definition) is 5. The van der Waals surface area contributed by atoms with Gasteiger partial charge in [-0.2, -0.15) is 9.78 Å². The maximum Gasteiger partial charge on any atom is 0.278 e. The first kappa shape index (κ1) is 7.74. The Balaban J connectivity index is 2.35. The molecule has 0 amide bonds. The molecule has 0 unspecified atom stereocenters. The molecule has 66 valence electrons. The first-order valence-corrected chi connectivity index (χ1v) is 4.53. The Bertz CT molecular complexity index is 363. The number of sulfonamides is 1. The van der Waals surface area contributed by atoms with Gasteiger partial charge in [-0.15, -0.1) is 0 Å². The predicted molar refractivity (Wildman–Crippen MR) is 36.3 cm³/mol. The number of primary sulfonamides is 1. The molecule has 2 heterocycles. The van der Waals surface area contributed by atoms with E-state index in [1.54, 1.807) is 0 Å². The SMILES string of the molecule is NS(=O)(=O)C1=CC2(C=CO1)OO2. The number of ether oxygens (including phenoxy) is 1. The van der Waals surface area contributed by atoms with Crippen molar-refractivity contribution in [3.63, 3.8) is 0 Å². The molecule has 12 heavy (non-hydrogen) atoms. The average molecular weight is 191 g/mol. The fourth-order valence-corrected chi connectivity index (χ4v) is 1.26. The van der Waals surface area contributed by atoms with E-state index in [9.17, 15) is 8.42 Å². The van der Waals surface area contributed by atoms with Gasteiger partial charge in [0, 0.05) is 12.2 Å². The largest absolute Gasteiger partial charge is 0.452 e. The number of rotatable bonds is 1. The molecule has 0 saturated carbocycles. The Hall–Kier alpha value is -0.890. The zero-order valence-electron chi connectivity index (χ0n) is 5.76. The maximum atomic E-state index is 10.7. The fraction of sp³-hybridized carbons (Fsp3) is 0.200. The van der Waals surface area contributed by atoms with Gasteiger partial charge in [0.25, 0.3) is 15.8 Å². The molecule has 2 aliphatic heterocycles. The van der Waals surface area contributed by atoms with Gasteiger partial charge in [0.05, 0.1) is 6.26 Å². The molecule has 1 spiro atoms. The van der Waals surface area contributed by atoms with E-state index in [0.29, 0.717) is 0 Å². The highest BCUT2D eigenvalue weighted by atomic mass is 32.2. The summed E-state index contributed by atoms with van der Waals surface area (Å²) >= 11 is 0. The highest BCUT2D eigenvalue weighted by molar-refractivity contribution is 7.92. The second kappa shape index (κ2) is 2.07. The molecule has 0 radical (unpaired) electrons. The van der Waals surface area contributed by atoms with E-state index in [-0.39, 0.29) is 5.09 Å². The van der Waals surface area contributed by atoms with Gasteiger partial charge in [0.2, 0.25) is 5.09 Å². The van der Waals surface area contributed by atoms with E-state index in [1.165, 1.54) is 6.08 Å². The van der Waals surface area contributed by atoms with Crippen molar-refractivity contribution in [3.05, 3.63) is 23.5 Å². The Labute approximate surface area is 68.2 Å². The molecule has 2 rings (SSSR count). The van der Waals surface area contributed by atoms with Gasteiger partial charge in [-0.1, -0.05) is 0 Å². The highest BCUT2D eigenvalue weighted by Gasteiger charge is 2.48. The molecule has 0 aromatic rings. The summed E-state index contributed by atoms with van der Waals surface area (Å²) in [6.07, 6.45) is 3.71. The Morgan fingerprint density at radius 3 is 2.58 bits per heavy atom. The molecule has 2 N–H and O–H groups in total. The van der Waals surface area contributed by atoms with Crippen molar-refractivity contribution in [1.29, 1.82) is 0 Å². The molecule has 2 aliphatic rings. The minimum Gasteiger partial charge on any atom is -0.452 e. The van der Waals surface area contributed by atoms with E-state index in [4.69, 9.17) is 5.14 Å². The lowest BCUT2D eigenvalue weighted by atomic mass is 10.3. The zero-order chi connectivity index (χ0) is 8.82. The van der Waals surface area contributed by atoms with Crippen LogP contribution in [0.1, 0.15) is 0 Å². The molecule has 1 saturated heterocycles. The van der Waals surface area contributed by atoms with Crippen molar-refractivity contribution < 1.29 is 22.9 Å². The molecule has 7 heteroatoms. The average Bonchev–Trinajstić information content (AvgIpc) is 2.68. The Morgan fingerprint density at radius 1 is 1.42 bits per heavy atom. The lowest BCUT2D eigenvalue weighted by molar-refractivity contribution is 0.0850. The van der Waals surface area contributed by atoms with Gasteiger partial charge in [-0.05, 0) is 0 Å². The smallest absolute Gasteiger partial charge is 0.278 e. The molecule has 0 bridgehead atoms. The van der Waals surface area contributed by atoms with Crippen LogP contribution in [-0.4, -0.2) is 14.2 Å². The van der Waals surface area contributed by atoms with Gasteiger partial charge < -0.3 is 4.74 Å². The monoisotopic (exact) mass is 191 g/mol. The second-order valence-electron chi connectivity index (χ2n) is 2.32. The van der Waals surface area contributed by atoms with Crippen molar-refractivity contribution >= 4 is 10.0 Å². The standard InChI is InChI=1S/C5H5NO5S/c6-12(7,8)4-3-5(10-11-5)1-2-9-4/h1-3H,(H2,6,7,8). The van der Waals surface area contributed by atoms with Gasteiger partial charge in [-0.3, -0.25) is 0 Å². The third kappa shape index (κ3) is 1.23. The van der Waals surface area contributed by atoms with Crippen molar-refractivity contribution in [2.75, 3.05) is 0 Å². The maximum absolute atomic E-state index is 10.7. The van der Waals surface area contributed by atoms with E-state index >= 15 is 0 Å². The Morgan fingerprint density at radius 2 is 2.08 bits per heavy atom. The fourth-order valence-electron chi connectivity index (χ4n) is 0.743. The van der Waals surface area contributed by atoms with Crippen molar-refractivity contribution in [3.8, 4) is 0 Å². The minimum atomic E-state index is -3.83. The van der Waals surface area contributed by atoms with Crippen molar-refractivity contribution in [1.82, 2.24) is 0 Å². The number of hydrogen-bond donors (Lipinski definition) is 1. The van der Waals surface area contributed by atoms with Crippen LogP contribution in [0, 0.1) is 0 Å². The molecular weight excluding hydrogens is 186 g/mol. The minimum absolute atomic E-state index is 0.373. The molecule has 1 fully saturated rings. The van der Waals surface area contributed by atoms with Crippen LogP contribution < -0.4 is 5.14 Å². The van der Waals surface area contributed by atoms with Gasteiger partial charge >= 0.3 is 0 Å². The zero-order valence-corrected chi connectivity index (χ0v) is 6.58. The summed E-state index contributed by atoms with van der Waals surface area (Å²) in [6.45, 7) is 0. The summed E-state index contributed by atoms with van der Waals surface area (Å²) in [5.74, 6) is -1.07. The topological polar surface area (TPSA) is 94.5 Å². The van der Waals surface area contributed by atoms with E-state index < -0.39 is 15.8 Å². The predicted octanol–water partition coefficient (Wildman–Crippen LogP) is -0.682. The third-order valence-electron chi connectivity index (χ3n) is 1.36. The first-order chi connectivity index (χ1) is 5.52.